The molecule has 1 fully saturated rings. The van der Waals surface area contributed by atoms with Crippen molar-refractivity contribution in [1.29, 1.82) is 0 Å². The fourth-order valence-corrected chi connectivity index (χ4v) is 3.14. The second-order valence-corrected chi connectivity index (χ2v) is 6.49. The molecule has 1 aromatic carbocycles. The number of rotatable bonds is 5. The smallest absolute Gasteiger partial charge is 0.239 e. The number of nitrogens with zero attached hydrogens (tertiary/aromatic N) is 3. The predicted octanol–water partition coefficient (Wildman–Crippen LogP) is 2.33. The van der Waals surface area contributed by atoms with E-state index in [1.165, 1.54) is 0 Å². The Kier molecular flexibility index (Phi) is 5.18. The number of carbonyl (C=O) groups excluding carboxylic acids is 1. The van der Waals surface area contributed by atoms with E-state index in [1.807, 2.05) is 39.1 Å². The van der Waals surface area contributed by atoms with Crippen LogP contribution in [-0.2, 0) is 11.3 Å². The maximum Gasteiger partial charge on any atom is 0.239 e. The van der Waals surface area contributed by atoms with Gasteiger partial charge in [0.1, 0.15) is 17.3 Å². The quantitative estimate of drug-likeness (QED) is 0.816. The predicted molar refractivity (Wildman–Crippen MR) is 97.3 cm³/mol. The Balaban J connectivity index is 1.87. The van der Waals surface area contributed by atoms with Crippen molar-refractivity contribution in [2.75, 3.05) is 34.4 Å². The van der Waals surface area contributed by atoms with Gasteiger partial charge >= 0.3 is 0 Å². The molecule has 2 heterocycles. The van der Waals surface area contributed by atoms with E-state index in [0.717, 1.165) is 30.1 Å². The molecule has 0 bridgehead atoms. The molecule has 2 aromatic rings. The van der Waals surface area contributed by atoms with Crippen molar-refractivity contribution in [3.8, 4) is 23.0 Å². The molecule has 0 radical (unpaired) electrons. The fraction of sp³-hybridized carbons (Fsp3) is 0.474. The molecule has 0 saturated carbocycles. The van der Waals surface area contributed by atoms with E-state index in [2.05, 4.69) is 9.88 Å². The van der Waals surface area contributed by atoms with E-state index >= 15 is 0 Å². The van der Waals surface area contributed by atoms with Gasteiger partial charge < -0.3 is 18.8 Å². The molecule has 0 spiro atoms. The van der Waals surface area contributed by atoms with Gasteiger partial charge in [-0.15, -0.1) is 0 Å². The maximum absolute atomic E-state index is 12.2. The van der Waals surface area contributed by atoms with E-state index < -0.39 is 0 Å². The van der Waals surface area contributed by atoms with Crippen LogP contribution in [0.25, 0.3) is 11.5 Å². The minimum absolute atomic E-state index is 0.132. The zero-order chi connectivity index (χ0) is 18.8. The first-order valence-electron chi connectivity index (χ1n) is 8.62. The highest BCUT2D eigenvalue weighted by Crippen LogP contribution is 2.34. The monoisotopic (exact) mass is 359 g/mol. The molecule has 1 aromatic heterocycles. The van der Waals surface area contributed by atoms with Gasteiger partial charge in [0.25, 0.3) is 0 Å². The molecule has 1 aliphatic rings. The minimum Gasteiger partial charge on any atom is -0.497 e. The van der Waals surface area contributed by atoms with Crippen molar-refractivity contribution >= 4 is 5.91 Å². The average Bonchev–Trinajstić information content (AvgIpc) is 3.02. The lowest BCUT2D eigenvalue weighted by molar-refractivity contribution is -0.139. The summed E-state index contributed by atoms with van der Waals surface area (Å²) in [6.07, 6.45) is 0. The van der Waals surface area contributed by atoms with Crippen molar-refractivity contribution in [3.63, 3.8) is 0 Å². The van der Waals surface area contributed by atoms with E-state index in [9.17, 15) is 4.79 Å². The fourth-order valence-electron chi connectivity index (χ4n) is 3.14. The van der Waals surface area contributed by atoms with Crippen molar-refractivity contribution in [2.45, 2.75) is 26.4 Å². The van der Waals surface area contributed by atoms with Crippen molar-refractivity contribution in [3.05, 3.63) is 29.7 Å². The number of carbonyl (C=O) groups is 1. The highest BCUT2D eigenvalue weighted by Gasteiger charge is 2.30. The molecule has 26 heavy (non-hydrogen) atoms. The number of amides is 1. The highest BCUT2D eigenvalue weighted by molar-refractivity contribution is 5.81. The molecule has 1 saturated heterocycles. The molecule has 0 aliphatic carbocycles. The summed E-state index contributed by atoms with van der Waals surface area (Å²) in [5, 5.41) is 0. The van der Waals surface area contributed by atoms with Crippen LogP contribution >= 0.6 is 0 Å². The number of aromatic nitrogens is 1. The Labute approximate surface area is 153 Å². The zero-order valence-corrected chi connectivity index (χ0v) is 15.9. The molecule has 1 atom stereocenters. The molecule has 3 rings (SSSR count). The number of benzene rings is 1. The SMILES string of the molecule is COc1ccc(OC)c(-c2nc(CN3CCN(C)C(=O)[C@H]3C)c(C)o2)c1. The van der Waals surface area contributed by atoms with Crippen LogP contribution in [-0.4, -0.2) is 61.1 Å². The molecule has 140 valence electrons. The minimum atomic E-state index is -0.167. The first-order chi connectivity index (χ1) is 12.4. The molecule has 0 N–H and O–H groups in total. The molecule has 1 aliphatic heterocycles. The van der Waals surface area contributed by atoms with Crippen molar-refractivity contribution in [2.24, 2.45) is 0 Å². The third-order valence-corrected chi connectivity index (χ3v) is 4.89. The Hall–Kier alpha value is -2.54. The van der Waals surface area contributed by atoms with Gasteiger partial charge in [0.15, 0.2) is 0 Å². The van der Waals surface area contributed by atoms with Crippen LogP contribution in [0, 0.1) is 6.92 Å². The van der Waals surface area contributed by atoms with Crippen LogP contribution in [0.1, 0.15) is 18.4 Å². The van der Waals surface area contributed by atoms with Gasteiger partial charge in [0, 0.05) is 26.7 Å². The summed E-state index contributed by atoms with van der Waals surface area (Å²) in [6, 6.07) is 5.33. The lowest BCUT2D eigenvalue weighted by Crippen LogP contribution is -2.53. The number of hydrogen-bond donors (Lipinski definition) is 0. The normalized spacial score (nSPS) is 18.3. The second-order valence-electron chi connectivity index (χ2n) is 6.49. The third kappa shape index (κ3) is 3.39. The lowest BCUT2D eigenvalue weighted by atomic mass is 10.1. The van der Waals surface area contributed by atoms with Crippen molar-refractivity contribution in [1.82, 2.24) is 14.8 Å². The van der Waals surface area contributed by atoms with E-state index in [-0.39, 0.29) is 11.9 Å². The topological polar surface area (TPSA) is 68.0 Å². The van der Waals surface area contributed by atoms with Gasteiger partial charge in [-0.1, -0.05) is 0 Å². The first-order valence-corrected chi connectivity index (χ1v) is 8.62. The Morgan fingerprint density at radius 3 is 2.73 bits per heavy atom. The summed E-state index contributed by atoms with van der Waals surface area (Å²) in [4.78, 5) is 20.8. The number of ether oxygens (including phenoxy) is 2. The molecule has 7 nitrogen and oxygen atoms in total. The van der Waals surface area contributed by atoms with Crippen LogP contribution in [0.3, 0.4) is 0 Å². The third-order valence-electron chi connectivity index (χ3n) is 4.89. The summed E-state index contributed by atoms with van der Waals surface area (Å²) in [5.41, 5.74) is 1.57. The summed E-state index contributed by atoms with van der Waals surface area (Å²) in [5.74, 6) is 2.73. The van der Waals surface area contributed by atoms with E-state index in [0.29, 0.717) is 23.9 Å². The van der Waals surface area contributed by atoms with Gasteiger partial charge in [0.05, 0.1) is 31.5 Å². The summed E-state index contributed by atoms with van der Waals surface area (Å²) in [6.45, 7) is 5.92. The number of oxazole rings is 1. The second kappa shape index (κ2) is 7.37. The van der Waals surface area contributed by atoms with Gasteiger partial charge in [0.2, 0.25) is 11.8 Å². The van der Waals surface area contributed by atoms with Crippen molar-refractivity contribution < 1.29 is 18.7 Å². The van der Waals surface area contributed by atoms with Gasteiger partial charge in [-0.05, 0) is 32.0 Å². The molecule has 7 heteroatoms. The number of aryl methyl sites for hydroxylation is 1. The first kappa shape index (κ1) is 18.3. The number of piperazine rings is 1. The van der Waals surface area contributed by atoms with Crippen LogP contribution in [0.2, 0.25) is 0 Å². The van der Waals surface area contributed by atoms with E-state index in [1.54, 1.807) is 19.1 Å². The molecular formula is C19H25N3O4. The standard InChI is InChI=1S/C19H25N3O4/c1-12-19(23)21(3)8-9-22(12)11-16-13(2)26-18(20-16)15-10-14(24-4)6-7-17(15)25-5/h6-7,10,12H,8-9,11H2,1-5H3/t12-/m1/s1. The lowest BCUT2D eigenvalue weighted by Gasteiger charge is -2.36. The maximum atomic E-state index is 12.2. The summed E-state index contributed by atoms with van der Waals surface area (Å²) < 4.78 is 16.6. The van der Waals surface area contributed by atoms with Crippen LogP contribution in [0.15, 0.2) is 22.6 Å². The molecular weight excluding hydrogens is 334 g/mol. The Bertz CT molecular complexity index is 802. The highest BCUT2D eigenvalue weighted by atomic mass is 16.5. The summed E-state index contributed by atoms with van der Waals surface area (Å²) >= 11 is 0. The van der Waals surface area contributed by atoms with E-state index in [4.69, 9.17) is 13.9 Å². The Morgan fingerprint density at radius 1 is 1.27 bits per heavy atom. The zero-order valence-electron chi connectivity index (χ0n) is 15.9. The number of methoxy groups -OCH3 is 2. The van der Waals surface area contributed by atoms with Crippen LogP contribution < -0.4 is 9.47 Å². The summed E-state index contributed by atoms with van der Waals surface area (Å²) in [7, 11) is 5.06. The molecule has 1 amide bonds. The van der Waals surface area contributed by atoms with Gasteiger partial charge in [-0.25, -0.2) is 4.98 Å². The molecule has 0 unspecified atom stereocenters. The average molecular weight is 359 g/mol. The largest absolute Gasteiger partial charge is 0.497 e. The number of hydrogen-bond acceptors (Lipinski definition) is 6. The van der Waals surface area contributed by atoms with Gasteiger partial charge in [-0.2, -0.15) is 0 Å². The van der Waals surface area contributed by atoms with Crippen LogP contribution in [0.4, 0.5) is 0 Å². The number of likely N-dealkylation sites (N-methyl/N-ethyl adjacent to an activating group) is 1. The van der Waals surface area contributed by atoms with Gasteiger partial charge in [-0.3, -0.25) is 9.69 Å². The Morgan fingerprint density at radius 2 is 2.04 bits per heavy atom. The van der Waals surface area contributed by atoms with Crippen LogP contribution in [0.5, 0.6) is 11.5 Å².